The number of ether oxygens (including phenoxy) is 1. The van der Waals surface area contributed by atoms with E-state index in [9.17, 15) is 0 Å². The predicted molar refractivity (Wildman–Crippen MR) is 54.4 cm³/mol. The summed E-state index contributed by atoms with van der Waals surface area (Å²) in [6, 6.07) is 1.97. The molecule has 2 aromatic rings. The number of aromatic amines is 1. The van der Waals surface area contributed by atoms with Crippen molar-refractivity contribution < 1.29 is 4.74 Å². The van der Waals surface area contributed by atoms with Crippen molar-refractivity contribution in [2.45, 2.75) is 6.92 Å². The van der Waals surface area contributed by atoms with Crippen LogP contribution < -0.4 is 4.74 Å². The monoisotopic (exact) mass is 230 g/mol. The summed E-state index contributed by atoms with van der Waals surface area (Å²) >= 11 is 10.7. The van der Waals surface area contributed by atoms with Crippen molar-refractivity contribution in [3.63, 3.8) is 0 Å². The van der Waals surface area contributed by atoms with Gasteiger partial charge in [-0.25, -0.2) is 0 Å². The minimum atomic E-state index is 0.329. The standard InChI is InChI=1S/C7H7ClN4OS/c1-2-13-7-9-4(8)3-5-10-6(14)11-12(5)7/h3H,2H2,1H3,(H,11,14). The van der Waals surface area contributed by atoms with Crippen LogP contribution in [0, 0.1) is 4.77 Å². The van der Waals surface area contributed by atoms with Gasteiger partial charge in [0, 0.05) is 6.07 Å². The van der Waals surface area contributed by atoms with Gasteiger partial charge in [-0.15, -0.1) is 0 Å². The number of halogens is 1. The van der Waals surface area contributed by atoms with Crippen molar-refractivity contribution in [1.29, 1.82) is 0 Å². The molecule has 0 aliphatic rings. The molecule has 14 heavy (non-hydrogen) atoms. The highest BCUT2D eigenvalue weighted by atomic mass is 35.5. The lowest BCUT2D eigenvalue weighted by Gasteiger charge is -2.03. The zero-order chi connectivity index (χ0) is 10.1. The highest BCUT2D eigenvalue weighted by Crippen LogP contribution is 2.15. The van der Waals surface area contributed by atoms with Gasteiger partial charge in [0.15, 0.2) is 5.65 Å². The number of hydrogen-bond acceptors (Lipinski definition) is 4. The third-order valence-corrected chi connectivity index (χ3v) is 1.94. The van der Waals surface area contributed by atoms with E-state index in [1.807, 2.05) is 6.92 Å². The Hall–Kier alpha value is -1.14. The van der Waals surface area contributed by atoms with E-state index in [0.717, 1.165) is 0 Å². The van der Waals surface area contributed by atoms with E-state index < -0.39 is 0 Å². The Balaban J connectivity index is 2.72. The van der Waals surface area contributed by atoms with Crippen LogP contribution in [-0.4, -0.2) is 26.2 Å². The fourth-order valence-electron chi connectivity index (χ4n) is 1.08. The average Bonchev–Trinajstić information content (AvgIpc) is 2.45. The molecule has 2 aromatic heterocycles. The lowest BCUT2D eigenvalue weighted by molar-refractivity contribution is 0.303. The van der Waals surface area contributed by atoms with Crippen molar-refractivity contribution in [3.05, 3.63) is 16.0 Å². The van der Waals surface area contributed by atoms with Gasteiger partial charge in [0.05, 0.1) is 6.61 Å². The van der Waals surface area contributed by atoms with Crippen LogP contribution in [0.3, 0.4) is 0 Å². The smallest absolute Gasteiger partial charge is 0.319 e. The van der Waals surface area contributed by atoms with E-state index in [4.69, 9.17) is 28.6 Å². The largest absolute Gasteiger partial charge is 0.464 e. The third-order valence-electron chi connectivity index (χ3n) is 1.57. The van der Waals surface area contributed by atoms with Crippen LogP contribution in [-0.2, 0) is 0 Å². The van der Waals surface area contributed by atoms with Gasteiger partial charge in [-0.3, -0.25) is 5.10 Å². The third kappa shape index (κ3) is 1.58. The van der Waals surface area contributed by atoms with Crippen LogP contribution in [0.15, 0.2) is 6.07 Å². The molecule has 0 amide bonds. The fourth-order valence-corrected chi connectivity index (χ4v) is 1.44. The van der Waals surface area contributed by atoms with Gasteiger partial charge >= 0.3 is 6.01 Å². The first kappa shape index (κ1) is 9.42. The number of H-pyrrole nitrogens is 1. The van der Waals surface area contributed by atoms with Crippen LogP contribution in [0.4, 0.5) is 0 Å². The maximum Gasteiger partial charge on any atom is 0.319 e. The van der Waals surface area contributed by atoms with Crippen LogP contribution in [0.2, 0.25) is 5.15 Å². The molecular weight excluding hydrogens is 224 g/mol. The molecule has 0 atom stereocenters. The number of nitrogens with one attached hydrogen (secondary N) is 1. The van der Waals surface area contributed by atoms with Crippen molar-refractivity contribution in [2.75, 3.05) is 6.61 Å². The number of aromatic nitrogens is 4. The predicted octanol–water partition coefficient (Wildman–Crippen LogP) is 1.84. The van der Waals surface area contributed by atoms with Gasteiger partial charge in [-0.2, -0.15) is 14.5 Å². The van der Waals surface area contributed by atoms with E-state index in [1.165, 1.54) is 0 Å². The molecule has 0 unspecified atom stereocenters. The normalized spacial score (nSPS) is 10.7. The molecule has 2 heterocycles. The molecule has 0 radical (unpaired) electrons. The first-order valence-electron chi connectivity index (χ1n) is 3.99. The van der Waals surface area contributed by atoms with E-state index in [-0.39, 0.29) is 0 Å². The molecule has 0 saturated heterocycles. The molecular formula is C7H7ClN4OS. The molecule has 0 aliphatic carbocycles. The minimum absolute atomic E-state index is 0.329. The number of nitrogens with zero attached hydrogens (tertiary/aromatic N) is 3. The second-order valence-electron chi connectivity index (χ2n) is 2.52. The highest BCUT2D eigenvalue weighted by molar-refractivity contribution is 7.71. The van der Waals surface area contributed by atoms with Gasteiger partial charge in [0.1, 0.15) is 5.15 Å². The van der Waals surface area contributed by atoms with Crippen molar-refractivity contribution in [3.8, 4) is 6.01 Å². The molecule has 1 N–H and O–H groups in total. The molecule has 74 valence electrons. The molecule has 7 heteroatoms. The molecule has 0 spiro atoms. The maximum atomic E-state index is 5.78. The van der Waals surface area contributed by atoms with E-state index in [2.05, 4.69) is 15.1 Å². The van der Waals surface area contributed by atoms with Crippen LogP contribution >= 0.6 is 23.8 Å². The van der Waals surface area contributed by atoms with Crippen LogP contribution in [0.1, 0.15) is 6.92 Å². The molecule has 0 aromatic carbocycles. The molecule has 0 bridgehead atoms. The highest BCUT2D eigenvalue weighted by Gasteiger charge is 2.06. The summed E-state index contributed by atoms with van der Waals surface area (Å²) in [6.07, 6.45) is 0. The first-order valence-corrected chi connectivity index (χ1v) is 4.77. The molecule has 5 nitrogen and oxygen atoms in total. The summed E-state index contributed by atoms with van der Waals surface area (Å²) in [6.45, 7) is 2.36. The van der Waals surface area contributed by atoms with Crippen LogP contribution in [0.5, 0.6) is 6.01 Å². The van der Waals surface area contributed by atoms with E-state index in [0.29, 0.717) is 28.2 Å². The topological polar surface area (TPSA) is 55.2 Å². The summed E-state index contributed by atoms with van der Waals surface area (Å²) in [5, 5.41) is 3.14. The molecule has 0 aliphatic heterocycles. The zero-order valence-electron chi connectivity index (χ0n) is 7.32. The molecule has 2 rings (SSSR count). The maximum absolute atomic E-state index is 5.78. The second kappa shape index (κ2) is 3.55. The van der Waals surface area contributed by atoms with Crippen molar-refractivity contribution in [2.24, 2.45) is 0 Å². The Morgan fingerprint density at radius 1 is 1.64 bits per heavy atom. The second-order valence-corrected chi connectivity index (χ2v) is 3.29. The van der Waals surface area contributed by atoms with Gasteiger partial charge in [-0.05, 0) is 19.1 Å². The summed E-state index contributed by atoms with van der Waals surface area (Å²) in [5.41, 5.74) is 0.596. The van der Waals surface area contributed by atoms with Crippen molar-refractivity contribution in [1.82, 2.24) is 19.6 Å². The lowest BCUT2D eigenvalue weighted by Crippen LogP contribution is -2.02. The Labute approximate surface area is 89.7 Å². The Morgan fingerprint density at radius 3 is 3.14 bits per heavy atom. The number of rotatable bonds is 2. The quantitative estimate of drug-likeness (QED) is 0.632. The molecule has 0 fully saturated rings. The fraction of sp³-hybridized carbons (Fsp3) is 0.286. The summed E-state index contributed by atoms with van der Waals surface area (Å²) in [7, 11) is 0. The van der Waals surface area contributed by atoms with E-state index in [1.54, 1.807) is 10.6 Å². The van der Waals surface area contributed by atoms with Gasteiger partial charge < -0.3 is 4.74 Å². The Morgan fingerprint density at radius 2 is 2.43 bits per heavy atom. The van der Waals surface area contributed by atoms with Gasteiger partial charge in [0.25, 0.3) is 0 Å². The zero-order valence-corrected chi connectivity index (χ0v) is 8.89. The number of hydrogen-bond donors (Lipinski definition) is 1. The summed E-state index contributed by atoms with van der Waals surface area (Å²) < 4.78 is 7.19. The summed E-state index contributed by atoms with van der Waals surface area (Å²) in [4.78, 5) is 8.03. The van der Waals surface area contributed by atoms with Gasteiger partial charge in [0.2, 0.25) is 4.77 Å². The van der Waals surface area contributed by atoms with E-state index >= 15 is 0 Å². The average molecular weight is 231 g/mol. The van der Waals surface area contributed by atoms with Crippen LogP contribution in [0.25, 0.3) is 5.65 Å². The SMILES string of the molecule is CCOc1nc(Cl)cc2nc(=S)[nH]n12. The number of fused-ring (bicyclic) bond motifs is 1. The Kier molecular flexibility index (Phi) is 2.39. The van der Waals surface area contributed by atoms with Crippen molar-refractivity contribution >= 4 is 29.5 Å². The first-order chi connectivity index (χ1) is 6.70. The Bertz CT molecular complexity index is 520. The lowest BCUT2D eigenvalue weighted by atomic mass is 10.6. The van der Waals surface area contributed by atoms with Gasteiger partial charge in [-0.1, -0.05) is 11.6 Å². The summed E-state index contributed by atoms with van der Waals surface area (Å²) in [5.74, 6) is 0. The minimum Gasteiger partial charge on any atom is -0.464 e. The molecule has 0 saturated carbocycles.